The Morgan fingerprint density at radius 3 is 2.72 bits per heavy atom. The van der Waals surface area contributed by atoms with Crippen LogP contribution in [0, 0.1) is 6.92 Å². The number of piperidine rings is 1. The highest BCUT2D eigenvalue weighted by Gasteiger charge is 2.36. The van der Waals surface area contributed by atoms with E-state index < -0.39 is 16.1 Å². The van der Waals surface area contributed by atoms with Crippen molar-refractivity contribution in [2.24, 2.45) is 0 Å². The van der Waals surface area contributed by atoms with Crippen molar-refractivity contribution in [1.29, 1.82) is 0 Å². The number of hydrogen-bond acceptors (Lipinski definition) is 7. The van der Waals surface area contributed by atoms with Gasteiger partial charge < -0.3 is 5.32 Å². The van der Waals surface area contributed by atoms with E-state index in [1.54, 1.807) is 18.3 Å². The Kier molecular flexibility index (Phi) is 5.82. The van der Waals surface area contributed by atoms with Crippen LogP contribution in [-0.4, -0.2) is 34.2 Å². The van der Waals surface area contributed by atoms with E-state index >= 15 is 0 Å². The molecule has 0 bridgehead atoms. The van der Waals surface area contributed by atoms with Gasteiger partial charge in [0.2, 0.25) is 10.0 Å². The SMILES string of the molecule is Cc1cc(Nc2nccs2)nc(C2CCCCN2S(=O)(=O)c2ccc(Cl)cc2)n1. The van der Waals surface area contributed by atoms with Gasteiger partial charge in [-0.3, -0.25) is 0 Å². The zero-order valence-corrected chi connectivity index (χ0v) is 18.1. The van der Waals surface area contributed by atoms with E-state index in [9.17, 15) is 8.42 Å². The third-order valence-corrected chi connectivity index (χ3v) is 7.57. The van der Waals surface area contributed by atoms with Crippen molar-refractivity contribution < 1.29 is 8.42 Å². The van der Waals surface area contributed by atoms with E-state index in [1.165, 1.54) is 27.8 Å². The molecule has 0 amide bonds. The number of anilines is 2. The van der Waals surface area contributed by atoms with Gasteiger partial charge in [-0.2, -0.15) is 4.31 Å². The van der Waals surface area contributed by atoms with E-state index in [0.717, 1.165) is 23.7 Å². The standard InChI is InChI=1S/C19H20ClN5O2S2/c1-13-12-17(24-19-21-9-11-28-19)23-18(22-13)16-4-2-3-10-25(16)29(26,27)15-7-5-14(20)6-8-15/h5-9,11-12,16H,2-4,10H2,1H3,(H,21,22,23,24). The van der Waals surface area contributed by atoms with Crippen LogP contribution in [0.3, 0.4) is 0 Å². The second kappa shape index (κ2) is 8.35. The fourth-order valence-electron chi connectivity index (χ4n) is 3.39. The second-order valence-corrected chi connectivity index (χ2v) is 10.0. The fourth-order valence-corrected chi connectivity index (χ4v) is 5.71. The van der Waals surface area contributed by atoms with Gasteiger partial charge in [0.25, 0.3) is 0 Å². The maximum absolute atomic E-state index is 13.3. The summed E-state index contributed by atoms with van der Waals surface area (Å²) in [6.45, 7) is 2.31. The minimum Gasteiger partial charge on any atom is -0.316 e. The molecular formula is C19H20ClN5O2S2. The first kappa shape index (κ1) is 20.2. The van der Waals surface area contributed by atoms with Gasteiger partial charge in [-0.1, -0.05) is 18.0 Å². The maximum atomic E-state index is 13.3. The zero-order chi connectivity index (χ0) is 20.4. The molecule has 1 unspecified atom stereocenters. The molecule has 10 heteroatoms. The molecule has 2 aromatic heterocycles. The van der Waals surface area contributed by atoms with Crippen molar-refractivity contribution in [1.82, 2.24) is 19.3 Å². The van der Waals surface area contributed by atoms with Gasteiger partial charge in [0, 0.05) is 34.9 Å². The predicted molar refractivity (Wildman–Crippen MR) is 114 cm³/mol. The maximum Gasteiger partial charge on any atom is 0.243 e. The number of aryl methyl sites for hydroxylation is 1. The highest BCUT2D eigenvalue weighted by Crippen LogP contribution is 2.35. The summed E-state index contributed by atoms with van der Waals surface area (Å²) in [5.74, 6) is 1.11. The van der Waals surface area contributed by atoms with Crippen molar-refractivity contribution in [2.45, 2.75) is 37.1 Å². The van der Waals surface area contributed by atoms with Crippen LogP contribution in [0.25, 0.3) is 0 Å². The molecule has 1 aliphatic heterocycles. The van der Waals surface area contributed by atoms with Crippen LogP contribution < -0.4 is 5.32 Å². The number of nitrogens with one attached hydrogen (secondary N) is 1. The van der Waals surface area contributed by atoms with Gasteiger partial charge in [-0.15, -0.1) is 11.3 Å². The molecule has 7 nitrogen and oxygen atoms in total. The number of benzene rings is 1. The summed E-state index contributed by atoms with van der Waals surface area (Å²) in [5, 5.41) is 6.27. The Hall–Kier alpha value is -2.07. The zero-order valence-electron chi connectivity index (χ0n) is 15.7. The molecule has 0 saturated carbocycles. The van der Waals surface area contributed by atoms with Gasteiger partial charge in [-0.05, 0) is 44.0 Å². The number of sulfonamides is 1. The van der Waals surface area contributed by atoms with Crippen LogP contribution in [0.15, 0.2) is 46.8 Å². The fraction of sp³-hybridized carbons (Fsp3) is 0.316. The molecule has 0 radical (unpaired) electrons. The number of halogens is 1. The summed E-state index contributed by atoms with van der Waals surface area (Å²) in [5.41, 5.74) is 0.767. The average molecular weight is 450 g/mol. The summed E-state index contributed by atoms with van der Waals surface area (Å²) in [7, 11) is -3.69. The highest BCUT2D eigenvalue weighted by atomic mass is 35.5. The van der Waals surface area contributed by atoms with Crippen molar-refractivity contribution in [3.63, 3.8) is 0 Å². The molecular weight excluding hydrogens is 430 g/mol. The molecule has 1 saturated heterocycles. The van der Waals surface area contributed by atoms with E-state index in [-0.39, 0.29) is 4.90 Å². The van der Waals surface area contributed by atoms with Crippen LogP contribution >= 0.6 is 22.9 Å². The summed E-state index contributed by atoms with van der Waals surface area (Å²) in [6.07, 6.45) is 4.11. The first-order valence-corrected chi connectivity index (χ1v) is 11.9. The minimum atomic E-state index is -3.69. The summed E-state index contributed by atoms with van der Waals surface area (Å²) >= 11 is 7.39. The topological polar surface area (TPSA) is 88.1 Å². The van der Waals surface area contributed by atoms with Crippen molar-refractivity contribution in [2.75, 3.05) is 11.9 Å². The second-order valence-electron chi connectivity index (χ2n) is 6.80. The predicted octanol–water partition coefficient (Wildman–Crippen LogP) is 4.55. The average Bonchev–Trinajstić information content (AvgIpc) is 3.21. The third-order valence-electron chi connectivity index (χ3n) is 4.71. The molecule has 1 N–H and O–H groups in total. The smallest absolute Gasteiger partial charge is 0.243 e. The van der Waals surface area contributed by atoms with Crippen molar-refractivity contribution in [3.8, 4) is 0 Å². The lowest BCUT2D eigenvalue weighted by Gasteiger charge is -2.33. The lowest BCUT2D eigenvalue weighted by molar-refractivity contribution is 0.246. The molecule has 29 heavy (non-hydrogen) atoms. The van der Waals surface area contributed by atoms with Crippen molar-refractivity contribution in [3.05, 3.63) is 58.4 Å². The molecule has 3 aromatic rings. The Balaban J connectivity index is 1.68. The van der Waals surface area contributed by atoms with Gasteiger partial charge in [0.1, 0.15) is 11.6 Å². The third kappa shape index (κ3) is 4.42. The Labute approximate surface area is 178 Å². The molecule has 152 valence electrons. The first-order chi connectivity index (χ1) is 13.9. The first-order valence-electron chi connectivity index (χ1n) is 9.23. The van der Waals surface area contributed by atoms with Gasteiger partial charge in [0.15, 0.2) is 5.13 Å². The largest absolute Gasteiger partial charge is 0.316 e. The van der Waals surface area contributed by atoms with Crippen LogP contribution in [0.5, 0.6) is 0 Å². The molecule has 4 rings (SSSR count). The van der Waals surface area contributed by atoms with E-state index in [2.05, 4.69) is 20.3 Å². The summed E-state index contributed by atoms with van der Waals surface area (Å²) < 4.78 is 28.1. The number of nitrogens with zero attached hydrogens (tertiary/aromatic N) is 4. The molecule has 1 atom stereocenters. The van der Waals surface area contributed by atoms with Crippen LogP contribution in [0.2, 0.25) is 5.02 Å². The normalized spacial score (nSPS) is 17.9. The Morgan fingerprint density at radius 1 is 1.21 bits per heavy atom. The Bertz CT molecular complexity index is 1090. The van der Waals surface area contributed by atoms with Crippen LogP contribution in [-0.2, 0) is 10.0 Å². The molecule has 1 aromatic carbocycles. The van der Waals surface area contributed by atoms with Crippen LogP contribution in [0.4, 0.5) is 10.9 Å². The lowest BCUT2D eigenvalue weighted by atomic mass is 10.0. The molecule has 1 aliphatic rings. The number of hydrogen-bond donors (Lipinski definition) is 1. The molecule has 1 fully saturated rings. The quantitative estimate of drug-likeness (QED) is 0.614. The van der Waals surface area contributed by atoms with Gasteiger partial charge in [-0.25, -0.2) is 23.4 Å². The summed E-state index contributed by atoms with van der Waals surface area (Å²) in [4.78, 5) is 13.6. The van der Waals surface area contributed by atoms with Gasteiger partial charge in [0.05, 0.1) is 10.9 Å². The minimum absolute atomic E-state index is 0.225. The van der Waals surface area contributed by atoms with E-state index in [1.807, 2.05) is 18.4 Å². The Morgan fingerprint density at radius 2 is 2.00 bits per heavy atom. The van der Waals surface area contributed by atoms with Crippen LogP contribution in [0.1, 0.15) is 36.8 Å². The number of rotatable bonds is 5. The lowest BCUT2D eigenvalue weighted by Crippen LogP contribution is -2.39. The number of thiazole rings is 1. The number of aromatic nitrogens is 3. The highest BCUT2D eigenvalue weighted by molar-refractivity contribution is 7.89. The summed E-state index contributed by atoms with van der Waals surface area (Å²) in [6, 6.07) is 7.66. The monoisotopic (exact) mass is 449 g/mol. The van der Waals surface area contributed by atoms with Crippen molar-refractivity contribution >= 4 is 43.9 Å². The van der Waals surface area contributed by atoms with E-state index in [0.29, 0.717) is 29.6 Å². The van der Waals surface area contributed by atoms with Gasteiger partial charge >= 0.3 is 0 Å². The molecule has 0 aliphatic carbocycles. The molecule has 3 heterocycles. The molecule has 0 spiro atoms. The van der Waals surface area contributed by atoms with E-state index in [4.69, 9.17) is 11.6 Å².